The predicted octanol–water partition coefficient (Wildman–Crippen LogP) is 3.54. The Morgan fingerprint density at radius 3 is 3.06 bits per heavy atom. The fourth-order valence-corrected chi connectivity index (χ4v) is 8.49. The van der Waals surface area contributed by atoms with E-state index >= 15 is 0 Å². The summed E-state index contributed by atoms with van der Waals surface area (Å²) in [5, 5.41) is 20.3. The zero-order valence-electron chi connectivity index (χ0n) is 19.8. The Balaban J connectivity index is 1.24. The number of aliphatic imine (C=N–C) groups is 1. The highest BCUT2D eigenvalue weighted by Gasteiger charge is 2.71. The first-order valence-corrected chi connectivity index (χ1v) is 12.9. The summed E-state index contributed by atoms with van der Waals surface area (Å²) in [6.07, 6.45) is 6.65. The van der Waals surface area contributed by atoms with Crippen LogP contribution >= 0.6 is 0 Å². The Morgan fingerprint density at radius 1 is 1.25 bits per heavy atom. The van der Waals surface area contributed by atoms with Crippen molar-refractivity contribution in [2.24, 2.45) is 16.8 Å². The molecule has 8 rings (SSSR count). The van der Waals surface area contributed by atoms with E-state index in [1.54, 1.807) is 24.4 Å². The Hall–Kier alpha value is -3.04. The fraction of sp³-hybridized carbons (Fsp3) is 0.429. The molecule has 1 aliphatic carbocycles. The van der Waals surface area contributed by atoms with Crippen LogP contribution in [-0.2, 0) is 14.9 Å². The molecule has 0 aromatic heterocycles. The molecule has 5 heterocycles. The van der Waals surface area contributed by atoms with Crippen molar-refractivity contribution in [2.75, 3.05) is 29.8 Å². The third-order valence-corrected chi connectivity index (χ3v) is 9.75. The third kappa shape index (κ3) is 2.62. The summed E-state index contributed by atoms with van der Waals surface area (Å²) in [6, 6.07) is 13.5. The molecule has 1 amide bonds. The number of ether oxygens (including phenoxy) is 1. The van der Waals surface area contributed by atoms with Crippen LogP contribution in [0.1, 0.15) is 30.4 Å². The quantitative estimate of drug-likeness (QED) is 0.408. The molecule has 8 heteroatoms. The molecule has 36 heavy (non-hydrogen) atoms. The second-order valence-corrected chi connectivity index (χ2v) is 11.1. The molecule has 2 aromatic rings. The molecule has 3 saturated heterocycles. The lowest BCUT2D eigenvalue weighted by molar-refractivity contribution is -0.132. The van der Waals surface area contributed by atoms with Gasteiger partial charge in [0.05, 0.1) is 36.5 Å². The average molecular weight is 484 g/mol. The Morgan fingerprint density at radius 2 is 2.17 bits per heavy atom. The molecule has 184 valence electrons. The standard InChI is InChI=1S/C28H27N4O4/c33-25-13-23-26-20-12-24-28(7-8-30(24)15-17(20)6-9-36-23)21-11-18(4-5-22(21)31(25)27(26)28)29-14-16-2-1-3-19(10-16)32(34)35/h1-6,10-11,14,20,23-24,26-27,34H,7-9,12-13,15H2/q-1/t20-,23+,24+,26-,27+,28-/m1/s1. The Bertz CT molecular complexity index is 1350. The molecule has 4 fully saturated rings. The molecular weight excluding hydrogens is 456 g/mol. The highest BCUT2D eigenvalue weighted by atomic mass is 16.8. The fourth-order valence-electron chi connectivity index (χ4n) is 8.49. The Kier molecular flexibility index (Phi) is 4.25. The molecule has 8 nitrogen and oxygen atoms in total. The second kappa shape index (κ2) is 7.26. The normalized spacial score (nSPS) is 35.6. The first kappa shape index (κ1) is 21.1. The zero-order valence-corrected chi connectivity index (χ0v) is 19.8. The van der Waals surface area contributed by atoms with Crippen LogP contribution in [-0.4, -0.2) is 60.1 Å². The number of hydrogen-bond donors (Lipinski definition) is 1. The van der Waals surface area contributed by atoms with Crippen LogP contribution in [0.3, 0.4) is 0 Å². The van der Waals surface area contributed by atoms with Crippen LogP contribution in [0.2, 0.25) is 0 Å². The highest BCUT2D eigenvalue weighted by Crippen LogP contribution is 2.66. The first-order chi connectivity index (χ1) is 17.5. The van der Waals surface area contributed by atoms with Gasteiger partial charge in [0.1, 0.15) is 0 Å². The van der Waals surface area contributed by atoms with Gasteiger partial charge in [-0.1, -0.05) is 23.8 Å². The van der Waals surface area contributed by atoms with E-state index < -0.39 is 0 Å². The molecule has 1 N–H and O–H groups in total. The van der Waals surface area contributed by atoms with Crippen LogP contribution in [0.25, 0.3) is 0 Å². The molecule has 1 spiro atoms. The van der Waals surface area contributed by atoms with Gasteiger partial charge >= 0.3 is 0 Å². The molecule has 5 aliphatic heterocycles. The summed E-state index contributed by atoms with van der Waals surface area (Å²) in [6.45, 7) is 2.69. The van der Waals surface area contributed by atoms with E-state index in [1.165, 1.54) is 11.1 Å². The summed E-state index contributed by atoms with van der Waals surface area (Å²) in [5.41, 5.74) is 5.46. The summed E-state index contributed by atoms with van der Waals surface area (Å²) in [4.78, 5) is 23.1. The lowest BCUT2D eigenvalue weighted by Gasteiger charge is -2.58. The van der Waals surface area contributed by atoms with Crippen molar-refractivity contribution in [2.45, 2.75) is 42.9 Å². The number of nitrogens with zero attached hydrogens (tertiary/aromatic N) is 4. The lowest BCUT2D eigenvalue weighted by Crippen LogP contribution is -2.69. The van der Waals surface area contributed by atoms with Crippen LogP contribution in [0.4, 0.5) is 17.1 Å². The van der Waals surface area contributed by atoms with Crippen molar-refractivity contribution >= 4 is 29.2 Å². The third-order valence-electron chi connectivity index (χ3n) is 9.75. The van der Waals surface area contributed by atoms with E-state index in [9.17, 15) is 15.2 Å². The zero-order chi connectivity index (χ0) is 24.2. The predicted molar refractivity (Wildman–Crippen MR) is 135 cm³/mol. The van der Waals surface area contributed by atoms with Crippen LogP contribution in [0.15, 0.2) is 59.1 Å². The number of benzene rings is 2. The summed E-state index contributed by atoms with van der Waals surface area (Å²) < 4.78 is 6.32. The van der Waals surface area contributed by atoms with Gasteiger partial charge in [0.2, 0.25) is 5.91 Å². The van der Waals surface area contributed by atoms with Gasteiger partial charge in [-0.15, -0.1) is 0 Å². The number of hydrogen-bond acceptors (Lipinski definition) is 7. The van der Waals surface area contributed by atoms with Crippen LogP contribution in [0, 0.1) is 17.0 Å². The molecule has 0 radical (unpaired) electrons. The number of rotatable bonds is 3. The van der Waals surface area contributed by atoms with Crippen molar-refractivity contribution in [1.82, 2.24) is 4.90 Å². The maximum Gasteiger partial charge on any atom is 0.229 e. The number of piperidine rings is 2. The second-order valence-electron chi connectivity index (χ2n) is 11.1. The Labute approximate surface area is 209 Å². The van der Waals surface area contributed by atoms with E-state index in [1.807, 2.05) is 12.1 Å². The SMILES string of the molecule is O=C1C[C@@H]2OCC=C3CN4CC[C@]56c7cc(N=Cc8cccc(N([O-])O)c8)ccc7N1[C@H]5[C@@H]2[C@@H]3C[C@H]46. The van der Waals surface area contributed by atoms with Crippen molar-refractivity contribution < 1.29 is 14.7 Å². The molecule has 2 bridgehead atoms. The van der Waals surface area contributed by atoms with Crippen LogP contribution in [0.5, 0.6) is 0 Å². The minimum Gasteiger partial charge on any atom is -0.733 e. The van der Waals surface area contributed by atoms with Gasteiger partial charge in [0.25, 0.3) is 0 Å². The summed E-state index contributed by atoms with van der Waals surface area (Å²) >= 11 is 0. The van der Waals surface area contributed by atoms with Gasteiger partial charge in [-0.05, 0) is 66.8 Å². The van der Waals surface area contributed by atoms with Gasteiger partial charge in [-0.25, -0.2) is 0 Å². The molecule has 6 atom stereocenters. The summed E-state index contributed by atoms with van der Waals surface area (Å²) in [5.74, 6) is 1.01. The maximum atomic E-state index is 13.6. The van der Waals surface area contributed by atoms with Gasteiger partial charge in [-0.2, -0.15) is 0 Å². The molecule has 2 aromatic carbocycles. The van der Waals surface area contributed by atoms with Crippen molar-refractivity contribution in [3.8, 4) is 0 Å². The van der Waals surface area contributed by atoms with E-state index in [2.05, 4.69) is 28.0 Å². The first-order valence-electron chi connectivity index (χ1n) is 12.9. The molecular formula is C28H27N4O4-. The maximum absolute atomic E-state index is 13.6. The van der Waals surface area contributed by atoms with Crippen molar-refractivity contribution in [1.29, 1.82) is 0 Å². The topological polar surface area (TPSA) is 91.7 Å². The van der Waals surface area contributed by atoms with Crippen LogP contribution < -0.4 is 10.1 Å². The number of carbonyl (C=O) groups is 1. The number of carbonyl (C=O) groups excluding carboxylic acids is 1. The summed E-state index contributed by atoms with van der Waals surface area (Å²) in [7, 11) is 0. The van der Waals surface area contributed by atoms with E-state index in [-0.39, 0.29) is 34.4 Å². The average Bonchev–Trinajstić information content (AvgIpc) is 3.35. The minimum absolute atomic E-state index is 0.00587. The van der Waals surface area contributed by atoms with E-state index in [4.69, 9.17) is 9.73 Å². The lowest BCUT2D eigenvalue weighted by atomic mass is 9.53. The molecule has 1 saturated carbocycles. The van der Waals surface area contributed by atoms with Gasteiger partial charge in [-0.3, -0.25) is 19.9 Å². The van der Waals surface area contributed by atoms with Gasteiger partial charge < -0.3 is 20.1 Å². The molecule has 6 aliphatic rings. The van der Waals surface area contributed by atoms with E-state index in [0.29, 0.717) is 30.9 Å². The van der Waals surface area contributed by atoms with Gasteiger partial charge in [0, 0.05) is 35.8 Å². The van der Waals surface area contributed by atoms with Crippen molar-refractivity contribution in [3.63, 3.8) is 0 Å². The number of amides is 1. The van der Waals surface area contributed by atoms with Crippen molar-refractivity contribution in [3.05, 3.63) is 70.4 Å². The monoisotopic (exact) mass is 483 g/mol. The minimum atomic E-state index is -0.142. The number of fused-ring (bicyclic) bond motifs is 2. The molecule has 0 unspecified atom stereocenters. The van der Waals surface area contributed by atoms with E-state index in [0.717, 1.165) is 42.9 Å². The smallest absolute Gasteiger partial charge is 0.229 e. The highest BCUT2D eigenvalue weighted by molar-refractivity contribution is 5.99. The van der Waals surface area contributed by atoms with Gasteiger partial charge in [0.15, 0.2) is 0 Å². The number of anilines is 2. The largest absolute Gasteiger partial charge is 0.733 e.